The van der Waals surface area contributed by atoms with Crippen LogP contribution in [-0.4, -0.2) is 29.1 Å². The normalized spacial score (nSPS) is 14.9. The minimum Gasteiger partial charge on any atom is -0.347 e. The molecule has 0 saturated heterocycles. The van der Waals surface area contributed by atoms with Crippen LogP contribution in [0.1, 0.15) is 56.1 Å². The van der Waals surface area contributed by atoms with Crippen molar-refractivity contribution in [2.24, 2.45) is 0 Å². The van der Waals surface area contributed by atoms with Crippen molar-refractivity contribution in [3.8, 4) is 0 Å². The Bertz CT molecular complexity index is 1270. The largest absolute Gasteiger partial charge is 0.347 e. The van der Waals surface area contributed by atoms with E-state index in [0.29, 0.717) is 12.5 Å². The molecule has 1 aromatic carbocycles. The molecule has 0 saturated carbocycles. The van der Waals surface area contributed by atoms with Gasteiger partial charge >= 0.3 is 0 Å². The number of Topliss-reactive ketones (excluding diaryl/α,β-unsaturated/α-hetero) is 1. The standard InChI is InChI=1S/C20H18ClN3O4S2/c1-11(2)20-23-9-15(29-20)8-22-19(26)12-3-4-18-13(5-12)6-17(25)16-7-14(21)10-24(16)30(18,27)28/h3-5,7,9-11H,6,8H2,1-2H3,(H,22,26). The van der Waals surface area contributed by atoms with E-state index in [0.717, 1.165) is 13.9 Å². The maximum atomic E-state index is 13.0. The second-order valence-corrected chi connectivity index (χ2v) is 10.6. The average Bonchev–Trinajstić information content (AvgIpc) is 3.31. The van der Waals surface area contributed by atoms with Gasteiger partial charge in [0.25, 0.3) is 15.9 Å². The minimum absolute atomic E-state index is 0.00773. The van der Waals surface area contributed by atoms with E-state index >= 15 is 0 Å². The van der Waals surface area contributed by atoms with Crippen LogP contribution in [0.4, 0.5) is 0 Å². The fourth-order valence-electron chi connectivity index (χ4n) is 3.24. The molecule has 0 radical (unpaired) electrons. The van der Waals surface area contributed by atoms with E-state index in [9.17, 15) is 18.0 Å². The maximum absolute atomic E-state index is 13.0. The number of amides is 1. The van der Waals surface area contributed by atoms with Gasteiger partial charge in [0.1, 0.15) is 5.69 Å². The molecule has 1 aliphatic heterocycles. The van der Waals surface area contributed by atoms with Gasteiger partial charge in [0.15, 0.2) is 5.78 Å². The van der Waals surface area contributed by atoms with E-state index in [4.69, 9.17) is 11.6 Å². The highest BCUT2D eigenvalue weighted by molar-refractivity contribution is 7.90. The van der Waals surface area contributed by atoms with E-state index in [1.54, 1.807) is 6.20 Å². The molecule has 0 atom stereocenters. The van der Waals surface area contributed by atoms with Crippen LogP contribution in [-0.2, 0) is 23.0 Å². The van der Waals surface area contributed by atoms with Crippen molar-refractivity contribution in [2.45, 2.75) is 37.6 Å². The van der Waals surface area contributed by atoms with Crippen LogP contribution in [0.3, 0.4) is 0 Å². The highest BCUT2D eigenvalue weighted by Crippen LogP contribution is 2.29. The number of nitrogens with zero attached hydrogens (tertiary/aromatic N) is 2. The highest BCUT2D eigenvalue weighted by atomic mass is 35.5. The van der Waals surface area contributed by atoms with Crippen LogP contribution in [0.2, 0.25) is 5.02 Å². The summed E-state index contributed by atoms with van der Waals surface area (Å²) >= 11 is 7.44. The van der Waals surface area contributed by atoms with Gasteiger partial charge in [-0.3, -0.25) is 9.59 Å². The minimum atomic E-state index is -3.98. The number of hydrogen-bond acceptors (Lipinski definition) is 6. The quantitative estimate of drug-likeness (QED) is 0.637. The zero-order valence-corrected chi connectivity index (χ0v) is 18.6. The molecule has 0 fully saturated rings. The number of carbonyl (C=O) groups excluding carboxylic acids is 2. The molecule has 1 aliphatic rings. The van der Waals surface area contributed by atoms with E-state index in [1.807, 2.05) is 0 Å². The number of ketones is 1. The predicted octanol–water partition coefficient (Wildman–Crippen LogP) is 3.63. The van der Waals surface area contributed by atoms with Crippen molar-refractivity contribution in [3.05, 3.63) is 68.4 Å². The number of aromatic nitrogens is 2. The van der Waals surface area contributed by atoms with Crippen LogP contribution < -0.4 is 5.32 Å². The molecule has 1 N–H and O–H groups in total. The first kappa shape index (κ1) is 20.8. The average molecular weight is 464 g/mol. The number of carbonyl (C=O) groups is 2. The monoisotopic (exact) mass is 463 g/mol. The molecular formula is C20H18ClN3O4S2. The molecule has 0 unspecified atom stereocenters. The Labute approximate surface area is 182 Å². The summed E-state index contributed by atoms with van der Waals surface area (Å²) in [5.74, 6) is -0.416. The Kier molecular flexibility index (Phi) is 5.29. The zero-order valence-electron chi connectivity index (χ0n) is 16.2. The number of benzene rings is 1. The van der Waals surface area contributed by atoms with Crippen LogP contribution >= 0.6 is 22.9 Å². The lowest BCUT2D eigenvalue weighted by molar-refractivity contribution is 0.0947. The molecular weight excluding hydrogens is 446 g/mol. The summed E-state index contributed by atoms with van der Waals surface area (Å²) in [6, 6.07) is 5.60. The van der Waals surface area contributed by atoms with E-state index in [-0.39, 0.29) is 44.9 Å². The third-order valence-electron chi connectivity index (χ3n) is 4.74. The molecule has 156 valence electrons. The number of thiazole rings is 1. The molecule has 3 heterocycles. The fourth-order valence-corrected chi connectivity index (χ4v) is 5.93. The molecule has 0 aliphatic carbocycles. The number of rotatable bonds is 4. The van der Waals surface area contributed by atoms with Crippen molar-refractivity contribution in [3.63, 3.8) is 0 Å². The van der Waals surface area contributed by atoms with E-state index in [2.05, 4.69) is 24.1 Å². The van der Waals surface area contributed by atoms with Crippen LogP contribution in [0, 0.1) is 0 Å². The molecule has 7 nitrogen and oxygen atoms in total. The summed E-state index contributed by atoms with van der Waals surface area (Å²) in [6.07, 6.45) is 2.81. The summed E-state index contributed by atoms with van der Waals surface area (Å²) in [6.45, 7) is 4.43. The second-order valence-electron chi connectivity index (χ2n) is 7.27. The summed E-state index contributed by atoms with van der Waals surface area (Å²) in [5, 5.41) is 3.98. The first-order valence-electron chi connectivity index (χ1n) is 9.19. The first-order valence-corrected chi connectivity index (χ1v) is 11.8. The van der Waals surface area contributed by atoms with Crippen molar-refractivity contribution >= 4 is 44.7 Å². The molecule has 4 rings (SSSR count). The second kappa shape index (κ2) is 7.64. The van der Waals surface area contributed by atoms with Crippen molar-refractivity contribution in [2.75, 3.05) is 0 Å². The van der Waals surface area contributed by atoms with Gasteiger partial charge in [0, 0.05) is 35.2 Å². The molecule has 0 spiro atoms. The molecule has 3 aromatic rings. The Morgan fingerprint density at radius 3 is 2.80 bits per heavy atom. The molecule has 0 bridgehead atoms. The van der Waals surface area contributed by atoms with E-state index < -0.39 is 10.0 Å². The lowest BCUT2D eigenvalue weighted by atomic mass is 10.0. The van der Waals surface area contributed by atoms with Gasteiger partial charge in [-0.2, -0.15) is 0 Å². The Balaban J connectivity index is 1.60. The topological polar surface area (TPSA) is 98.1 Å². The first-order chi connectivity index (χ1) is 14.2. The number of halogens is 1. The number of hydrogen-bond donors (Lipinski definition) is 1. The van der Waals surface area contributed by atoms with Gasteiger partial charge in [-0.15, -0.1) is 11.3 Å². The van der Waals surface area contributed by atoms with Gasteiger partial charge < -0.3 is 5.32 Å². The van der Waals surface area contributed by atoms with Crippen LogP contribution in [0.15, 0.2) is 41.6 Å². The van der Waals surface area contributed by atoms with Gasteiger partial charge in [0.05, 0.1) is 21.5 Å². The molecule has 1 amide bonds. The molecule has 30 heavy (non-hydrogen) atoms. The number of fused-ring (bicyclic) bond motifs is 2. The van der Waals surface area contributed by atoms with Gasteiger partial charge in [-0.1, -0.05) is 25.4 Å². The van der Waals surface area contributed by atoms with Gasteiger partial charge in [-0.25, -0.2) is 17.4 Å². The Morgan fingerprint density at radius 1 is 1.33 bits per heavy atom. The van der Waals surface area contributed by atoms with Crippen molar-refractivity contribution in [1.29, 1.82) is 0 Å². The summed E-state index contributed by atoms with van der Waals surface area (Å²) in [5.41, 5.74) is 0.579. The lowest BCUT2D eigenvalue weighted by Crippen LogP contribution is -2.23. The fraction of sp³-hybridized carbons (Fsp3) is 0.250. The number of nitrogens with one attached hydrogen (secondary N) is 1. The van der Waals surface area contributed by atoms with Crippen molar-refractivity contribution in [1.82, 2.24) is 14.3 Å². The predicted molar refractivity (Wildman–Crippen MR) is 114 cm³/mol. The maximum Gasteiger partial charge on any atom is 0.268 e. The zero-order chi connectivity index (χ0) is 21.6. The Morgan fingerprint density at radius 2 is 2.10 bits per heavy atom. The molecule has 10 heteroatoms. The van der Waals surface area contributed by atoms with Gasteiger partial charge in [-0.05, 0) is 29.8 Å². The lowest BCUT2D eigenvalue weighted by Gasteiger charge is -2.10. The van der Waals surface area contributed by atoms with Crippen LogP contribution in [0.5, 0.6) is 0 Å². The highest BCUT2D eigenvalue weighted by Gasteiger charge is 2.31. The van der Waals surface area contributed by atoms with Crippen LogP contribution in [0.25, 0.3) is 0 Å². The summed E-state index contributed by atoms with van der Waals surface area (Å²) in [4.78, 5) is 30.4. The van der Waals surface area contributed by atoms with E-state index in [1.165, 1.54) is 41.8 Å². The third kappa shape index (κ3) is 3.68. The third-order valence-corrected chi connectivity index (χ3v) is 8.02. The molecule has 2 aromatic heterocycles. The Hall–Kier alpha value is -2.49. The summed E-state index contributed by atoms with van der Waals surface area (Å²) < 4.78 is 26.8. The smallest absolute Gasteiger partial charge is 0.268 e. The summed E-state index contributed by atoms with van der Waals surface area (Å²) in [7, 11) is -3.98. The van der Waals surface area contributed by atoms with Crippen molar-refractivity contribution < 1.29 is 18.0 Å². The SMILES string of the molecule is CC(C)c1ncc(CNC(=O)c2ccc3c(c2)CC(=O)c2cc(Cl)cn2S3(=O)=O)s1. The van der Waals surface area contributed by atoms with Gasteiger partial charge in [0.2, 0.25) is 0 Å².